The molecule has 0 spiro atoms. The van der Waals surface area contributed by atoms with Crippen molar-refractivity contribution < 1.29 is 0 Å². The molecule has 0 saturated carbocycles. The summed E-state index contributed by atoms with van der Waals surface area (Å²) in [6, 6.07) is 13.8. The van der Waals surface area contributed by atoms with Gasteiger partial charge in [0, 0.05) is 23.5 Å². The van der Waals surface area contributed by atoms with Gasteiger partial charge < -0.3 is 5.73 Å². The van der Waals surface area contributed by atoms with Gasteiger partial charge in [-0.25, -0.2) is 0 Å². The van der Waals surface area contributed by atoms with E-state index in [1.807, 2.05) is 0 Å². The lowest BCUT2D eigenvalue weighted by Crippen LogP contribution is -2.32. The molecule has 3 heteroatoms. The number of likely N-dealkylation sites (N-methyl/N-ethyl adjacent to an activating group) is 1. The molecule has 2 N–H and O–H groups in total. The van der Waals surface area contributed by atoms with Crippen molar-refractivity contribution in [1.82, 2.24) is 4.90 Å². The first kappa shape index (κ1) is 16.2. The van der Waals surface area contributed by atoms with Crippen LogP contribution in [0.3, 0.4) is 0 Å². The summed E-state index contributed by atoms with van der Waals surface area (Å²) in [5.74, 6) is 0.568. The Balaban J connectivity index is 2.18. The zero-order chi connectivity index (χ0) is 15.4. The summed E-state index contributed by atoms with van der Waals surface area (Å²) in [6.07, 6.45) is 0. The Morgan fingerprint density at radius 2 is 1.67 bits per heavy atom. The van der Waals surface area contributed by atoms with Gasteiger partial charge in [0.25, 0.3) is 0 Å². The lowest BCUT2D eigenvalue weighted by Gasteiger charge is -2.32. The molecule has 114 valence electrons. The van der Waals surface area contributed by atoms with E-state index >= 15 is 0 Å². The summed E-state index contributed by atoms with van der Waals surface area (Å²) >= 11 is 1.81. The first-order chi connectivity index (χ1) is 10.0. The van der Waals surface area contributed by atoms with Gasteiger partial charge in [0.1, 0.15) is 0 Å². The van der Waals surface area contributed by atoms with Crippen LogP contribution in [0.25, 0.3) is 0 Å². The predicted octanol–water partition coefficient (Wildman–Crippen LogP) is 4.56. The Hall–Kier alpha value is -1.16. The molecule has 2 aromatic rings. The van der Waals surface area contributed by atoms with Gasteiger partial charge in [-0.15, -0.1) is 11.3 Å². The highest BCUT2D eigenvalue weighted by Gasteiger charge is 2.22. The maximum absolute atomic E-state index is 6.06. The SMILES string of the molecule is CC(C)c1ccc(C(CN)N(C)C(C)c2cccs2)cc1. The summed E-state index contributed by atoms with van der Waals surface area (Å²) in [4.78, 5) is 3.76. The smallest absolute Gasteiger partial charge is 0.0473 e. The van der Waals surface area contributed by atoms with Crippen molar-refractivity contribution in [3.63, 3.8) is 0 Å². The van der Waals surface area contributed by atoms with Crippen LogP contribution < -0.4 is 5.73 Å². The topological polar surface area (TPSA) is 29.3 Å². The summed E-state index contributed by atoms with van der Waals surface area (Å²) in [5, 5.41) is 2.13. The van der Waals surface area contributed by atoms with Crippen molar-refractivity contribution >= 4 is 11.3 Å². The van der Waals surface area contributed by atoms with Gasteiger partial charge in [0.15, 0.2) is 0 Å². The van der Waals surface area contributed by atoms with Crippen molar-refractivity contribution in [1.29, 1.82) is 0 Å². The average molecular weight is 302 g/mol. The Labute approximate surface area is 132 Å². The van der Waals surface area contributed by atoms with Gasteiger partial charge in [0.2, 0.25) is 0 Å². The molecular weight excluding hydrogens is 276 g/mol. The summed E-state index contributed by atoms with van der Waals surface area (Å²) in [6.45, 7) is 7.32. The Morgan fingerprint density at radius 3 is 2.14 bits per heavy atom. The van der Waals surface area contributed by atoms with Crippen LogP contribution >= 0.6 is 11.3 Å². The fourth-order valence-corrected chi connectivity index (χ4v) is 3.47. The Kier molecular flexibility index (Phi) is 5.57. The molecule has 0 aliphatic carbocycles. The molecule has 2 nitrogen and oxygen atoms in total. The van der Waals surface area contributed by atoms with Crippen molar-refractivity contribution in [2.24, 2.45) is 5.73 Å². The van der Waals surface area contributed by atoms with Crippen LogP contribution in [0.15, 0.2) is 41.8 Å². The van der Waals surface area contributed by atoms with E-state index in [1.165, 1.54) is 16.0 Å². The number of nitrogens with two attached hydrogens (primary N) is 1. The molecule has 0 saturated heterocycles. The molecule has 0 radical (unpaired) electrons. The monoisotopic (exact) mass is 302 g/mol. The standard InChI is InChI=1S/C18H26N2S/c1-13(2)15-7-9-16(10-8-15)17(12-19)20(4)14(3)18-6-5-11-21-18/h5-11,13-14,17H,12,19H2,1-4H3. The number of benzene rings is 1. The van der Waals surface area contributed by atoms with E-state index in [0.717, 1.165) is 0 Å². The van der Waals surface area contributed by atoms with Crippen molar-refractivity contribution in [2.75, 3.05) is 13.6 Å². The second kappa shape index (κ2) is 7.21. The summed E-state index contributed by atoms with van der Waals surface area (Å²) in [5.41, 5.74) is 8.73. The minimum Gasteiger partial charge on any atom is -0.329 e. The minimum absolute atomic E-state index is 0.253. The van der Waals surface area contributed by atoms with Gasteiger partial charge in [-0.05, 0) is 42.5 Å². The zero-order valence-electron chi connectivity index (χ0n) is 13.4. The van der Waals surface area contributed by atoms with Crippen LogP contribution in [-0.4, -0.2) is 18.5 Å². The van der Waals surface area contributed by atoms with Gasteiger partial charge in [-0.2, -0.15) is 0 Å². The van der Waals surface area contributed by atoms with Crippen molar-refractivity contribution in [3.8, 4) is 0 Å². The van der Waals surface area contributed by atoms with Crippen LogP contribution in [-0.2, 0) is 0 Å². The predicted molar refractivity (Wildman–Crippen MR) is 92.8 cm³/mol. The fourth-order valence-electron chi connectivity index (χ4n) is 2.64. The number of hydrogen-bond donors (Lipinski definition) is 1. The molecule has 2 unspecified atom stereocenters. The van der Waals surface area contributed by atoms with Crippen LogP contribution in [0.1, 0.15) is 54.8 Å². The molecule has 0 aliphatic heterocycles. The second-order valence-electron chi connectivity index (χ2n) is 5.93. The Bertz CT molecular complexity index is 531. The second-order valence-corrected chi connectivity index (χ2v) is 6.91. The molecule has 1 aromatic heterocycles. The van der Waals surface area contributed by atoms with Crippen LogP contribution in [0.4, 0.5) is 0 Å². The molecule has 21 heavy (non-hydrogen) atoms. The minimum atomic E-state index is 0.253. The molecular formula is C18H26N2S. The third-order valence-electron chi connectivity index (χ3n) is 4.27. The number of rotatable bonds is 6. The molecule has 1 heterocycles. The summed E-state index contributed by atoms with van der Waals surface area (Å²) in [7, 11) is 2.16. The highest BCUT2D eigenvalue weighted by Crippen LogP contribution is 2.31. The normalized spacial score (nSPS) is 14.6. The van der Waals surface area contributed by atoms with Gasteiger partial charge in [-0.3, -0.25) is 4.90 Å². The van der Waals surface area contributed by atoms with E-state index in [0.29, 0.717) is 18.5 Å². The highest BCUT2D eigenvalue weighted by atomic mass is 32.1. The number of thiophene rings is 1. The average Bonchev–Trinajstić information content (AvgIpc) is 3.01. The molecule has 0 amide bonds. The first-order valence-corrected chi connectivity index (χ1v) is 8.47. The maximum Gasteiger partial charge on any atom is 0.0473 e. The third-order valence-corrected chi connectivity index (χ3v) is 5.31. The van der Waals surface area contributed by atoms with E-state index in [1.54, 1.807) is 11.3 Å². The zero-order valence-corrected chi connectivity index (χ0v) is 14.2. The summed E-state index contributed by atoms with van der Waals surface area (Å²) < 4.78 is 0. The molecule has 1 aromatic carbocycles. The van der Waals surface area contributed by atoms with E-state index in [-0.39, 0.29) is 6.04 Å². The van der Waals surface area contributed by atoms with Crippen molar-refractivity contribution in [3.05, 3.63) is 57.8 Å². The van der Waals surface area contributed by atoms with Crippen LogP contribution in [0, 0.1) is 0 Å². The number of nitrogens with zero attached hydrogens (tertiary/aromatic N) is 1. The first-order valence-electron chi connectivity index (χ1n) is 7.59. The Morgan fingerprint density at radius 1 is 1.05 bits per heavy atom. The molecule has 2 rings (SSSR count). The van der Waals surface area contributed by atoms with Crippen LogP contribution in [0.2, 0.25) is 0 Å². The molecule has 2 atom stereocenters. The van der Waals surface area contributed by atoms with E-state index in [9.17, 15) is 0 Å². The molecule has 0 aliphatic rings. The van der Waals surface area contributed by atoms with Gasteiger partial charge in [0.05, 0.1) is 0 Å². The van der Waals surface area contributed by atoms with Crippen LogP contribution in [0.5, 0.6) is 0 Å². The number of hydrogen-bond acceptors (Lipinski definition) is 3. The van der Waals surface area contributed by atoms with E-state index in [4.69, 9.17) is 5.73 Å². The van der Waals surface area contributed by atoms with E-state index < -0.39 is 0 Å². The van der Waals surface area contributed by atoms with Crippen molar-refractivity contribution in [2.45, 2.75) is 38.8 Å². The highest BCUT2D eigenvalue weighted by molar-refractivity contribution is 7.10. The quantitative estimate of drug-likeness (QED) is 0.847. The lowest BCUT2D eigenvalue weighted by molar-refractivity contribution is 0.193. The van der Waals surface area contributed by atoms with Gasteiger partial charge >= 0.3 is 0 Å². The molecule has 0 bridgehead atoms. The largest absolute Gasteiger partial charge is 0.329 e. The van der Waals surface area contributed by atoms with Gasteiger partial charge in [-0.1, -0.05) is 44.2 Å². The molecule has 0 fully saturated rings. The van der Waals surface area contributed by atoms with E-state index in [2.05, 4.69) is 74.5 Å². The fraction of sp³-hybridized carbons (Fsp3) is 0.444. The lowest BCUT2D eigenvalue weighted by atomic mass is 9.98. The third kappa shape index (κ3) is 3.73. The maximum atomic E-state index is 6.06.